The summed E-state index contributed by atoms with van der Waals surface area (Å²) in [7, 11) is -1.29. The van der Waals surface area contributed by atoms with Gasteiger partial charge in [0.1, 0.15) is 22.8 Å². The molecule has 0 radical (unpaired) electrons. The van der Waals surface area contributed by atoms with Gasteiger partial charge in [-0.25, -0.2) is 0 Å². The summed E-state index contributed by atoms with van der Waals surface area (Å²) in [6, 6.07) is 7.49. The molecule has 164 valence electrons. The maximum Gasteiger partial charge on any atom is 0.264 e. The van der Waals surface area contributed by atoms with Gasteiger partial charge in [-0.1, -0.05) is 6.07 Å². The highest BCUT2D eigenvalue weighted by Crippen LogP contribution is 2.35. The van der Waals surface area contributed by atoms with Gasteiger partial charge in [-0.05, 0) is 30.5 Å². The summed E-state index contributed by atoms with van der Waals surface area (Å²) < 4.78 is 45.7. The van der Waals surface area contributed by atoms with Crippen LogP contribution in [0.15, 0.2) is 30.3 Å². The predicted octanol–water partition coefficient (Wildman–Crippen LogP) is 2.59. The van der Waals surface area contributed by atoms with E-state index in [-0.39, 0.29) is 53.8 Å². The van der Waals surface area contributed by atoms with Crippen molar-refractivity contribution in [2.75, 3.05) is 26.6 Å². The zero-order valence-electron chi connectivity index (χ0n) is 16.6. The summed E-state index contributed by atoms with van der Waals surface area (Å²) in [6.07, 6.45) is 0.439. The number of Topliss-reactive ketones (excluding diaryl/α,β-unsaturated/α-hetero) is 1. The average Bonchev–Trinajstić information content (AvgIpc) is 2.68. The number of methoxy groups -OCH3 is 2. The lowest BCUT2D eigenvalue weighted by molar-refractivity contribution is 0.0977. The second kappa shape index (κ2) is 10.2. The highest BCUT2D eigenvalue weighted by molar-refractivity contribution is 7.85. The van der Waals surface area contributed by atoms with Crippen molar-refractivity contribution in [1.82, 2.24) is 0 Å². The second-order valence-corrected chi connectivity index (χ2v) is 8.01. The largest absolute Gasteiger partial charge is 0.507 e. The van der Waals surface area contributed by atoms with Crippen molar-refractivity contribution in [1.29, 1.82) is 0 Å². The van der Waals surface area contributed by atoms with Crippen molar-refractivity contribution in [2.45, 2.75) is 19.3 Å². The Bertz CT molecular complexity index is 1000. The molecule has 0 aliphatic rings. The van der Waals surface area contributed by atoms with Crippen molar-refractivity contribution in [3.8, 4) is 28.7 Å². The van der Waals surface area contributed by atoms with Crippen LogP contribution in [-0.4, -0.2) is 55.5 Å². The van der Waals surface area contributed by atoms with Crippen molar-refractivity contribution in [3.05, 3.63) is 41.5 Å². The van der Waals surface area contributed by atoms with Crippen LogP contribution in [0, 0.1) is 0 Å². The number of carbonyl (C=O) groups excluding carboxylic acids is 1. The van der Waals surface area contributed by atoms with Crippen molar-refractivity contribution in [3.63, 3.8) is 0 Å². The zero-order valence-corrected chi connectivity index (χ0v) is 17.4. The number of rotatable bonds is 11. The Kier molecular flexibility index (Phi) is 7.90. The Balaban J connectivity index is 2.06. The molecule has 3 N–H and O–H groups in total. The summed E-state index contributed by atoms with van der Waals surface area (Å²) in [5.41, 5.74) is 0.722. The van der Waals surface area contributed by atoms with E-state index in [2.05, 4.69) is 0 Å². The fourth-order valence-electron chi connectivity index (χ4n) is 2.81. The normalized spacial score (nSPS) is 11.2. The molecule has 0 aromatic heterocycles. The van der Waals surface area contributed by atoms with Crippen LogP contribution < -0.4 is 14.2 Å². The number of benzene rings is 2. The van der Waals surface area contributed by atoms with E-state index in [1.807, 2.05) is 0 Å². The van der Waals surface area contributed by atoms with Gasteiger partial charge in [-0.3, -0.25) is 9.35 Å². The monoisotopic (exact) mass is 440 g/mol. The molecular weight excluding hydrogens is 416 g/mol. The summed E-state index contributed by atoms with van der Waals surface area (Å²) in [5, 5.41) is 20.1. The maximum absolute atomic E-state index is 12.6. The molecular formula is C20H24O9S. The standard InChI is InChI=1S/C20H24O9S/c1-27-18-7-5-13(10-16(18)22)4-6-15(21)20-17(23)11-14(12-19(20)28-2)29-8-3-9-30(24,25)26/h5,7,10-12,22-23H,3-4,6,8-9H2,1-2H3,(H,24,25,26). The van der Waals surface area contributed by atoms with Crippen molar-refractivity contribution >= 4 is 15.9 Å². The molecule has 2 rings (SSSR count). The first kappa shape index (κ1) is 23.3. The fraction of sp³-hybridized carbons (Fsp3) is 0.350. The SMILES string of the molecule is COc1ccc(CCC(=O)c2c(O)cc(OCCCS(=O)(=O)O)cc2OC)cc1O. The molecule has 0 aliphatic carbocycles. The van der Waals surface area contributed by atoms with Gasteiger partial charge in [0.05, 0.1) is 26.6 Å². The molecule has 10 heteroatoms. The molecule has 9 nitrogen and oxygen atoms in total. The van der Waals surface area contributed by atoms with E-state index in [1.165, 1.54) is 32.4 Å². The number of aryl methyl sites for hydroxylation is 1. The number of ether oxygens (including phenoxy) is 3. The van der Waals surface area contributed by atoms with Gasteiger partial charge < -0.3 is 24.4 Å². The van der Waals surface area contributed by atoms with Gasteiger partial charge in [-0.2, -0.15) is 8.42 Å². The lowest BCUT2D eigenvalue weighted by atomic mass is 10.0. The molecule has 0 spiro atoms. The number of carbonyl (C=O) groups is 1. The zero-order chi connectivity index (χ0) is 22.3. The van der Waals surface area contributed by atoms with E-state index in [1.54, 1.807) is 12.1 Å². The first-order valence-corrected chi connectivity index (χ1v) is 10.6. The average molecular weight is 440 g/mol. The minimum absolute atomic E-state index is 0.000481. The van der Waals surface area contributed by atoms with Crippen LogP contribution in [0.25, 0.3) is 0 Å². The molecule has 0 heterocycles. The highest BCUT2D eigenvalue weighted by Gasteiger charge is 2.19. The van der Waals surface area contributed by atoms with Crippen LogP contribution in [0.2, 0.25) is 0 Å². The Morgan fingerprint density at radius 3 is 2.30 bits per heavy atom. The van der Waals surface area contributed by atoms with Crippen molar-refractivity contribution in [2.24, 2.45) is 0 Å². The predicted molar refractivity (Wildman–Crippen MR) is 108 cm³/mol. The molecule has 0 saturated heterocycles. The van der Waals surface area contributed by atoms with Crippen LogP contribution in [0.5, 0.6) is 28.7 Å². The Hall–Kier alpha value is -2.98. The molecule has 30 heavy (non-hydrogen) atoms. The number of hydrogen-bond donors (Lipinski definition) is 3. The van der Waals surface area contributed by atoms with Gasteiger partial charge in [-0.15, -0.1) is 0 Å². The first-order valence-electron chi connectivity index (χ1n) is 9.02. The summed E-state index contributed by atoms with van der Waals surface area (Å²) in [5.74, 6) is -0.541. The molecule has 0 atom stereocenters. The topological polar surface area (TPSA) is 140 Å². The molecule has 2 aromatic rings. The van der Waals surface area contributed by atoms with Gasteiger partial charge in [0.2, 0.25) is 0 Å². The molecule has 0 bridgehead atoms. The third-order valence-electron chi connectivity index (χ3n) is 4.25. The summed E-state index contributed by atoms with van der Waals surface area (Å²) >= 11 is 0. The number of phenols is 2. The number of phenolic OH excluding ortho intramolecular Hbond substituents is 2. The third-order valence-corrected chi connectivity index (χ3v) is 5.06. The van der Waals surface area contributed by atoms with E-state index in [0.717, 1.165) is 5.56 Å². The van der Waals surface area contributed by atoms with E-state index in [0.29, 0.717) is 12.2 Å². The van der Waals surface area contributed by atoms with Crippen molar-refractivity contribution < 1.29 is 42.2 Å². The van der Waals surface area contributed by atoms with Crippen LogP contribution in [0.1, 0.15) is 28.8 Å². The van der Waals surface area contributed by atoms with E-state index >= 15 is 0 Å². The molecule has 0 amide bonds. The Labute approximate surface area is 174 Å². The number of ketones is 1. The van der Waals surface area contributed by atoms with Gasteiger partial charge in [0, 0.05) is 18.6 Å². The third kappa shape index (κ3) is 6.53. The number of hydrogen-bond acceptors (Lipinski definition) is 8. The highest BCUT2D eigenvalue weighted by atomic mass is 32.2. The summed E-state index contributed by atoms with van der Waals surface area (Å²) in [6.45, 7) is -0.0172. The van der Waals surface area contributed by atoms with Gasteiger partial charge >= 0.3 is 0 Å². The van der Waals surface area contributed by atoms with Crippen LogP contribution in [0.4, 0.5) is 0 Å². The van der Waals surface area contributed by atoms with Crippen LogP contribution >= 0.6 is 0 Å². The molecule has 2 aromatic carbocycles. The minimum atomic E-state index is -4.07. The van der Waals surface area contributed by atoms with Gasteiger partial charge in [0.15, 0.2) is 17.3 Å². The molecule has 0 aliphatic heterocycles. The fourth-order valence-corrected chi connectivity index (χ4v) is 3.29. The van der Waals surface area contributed by atoms with Crippen LogP contribution in [-0.2, 0) is 16.5 Å². The Morgan fingerprint density at radius 1 is 1.00 bits per heavy atom. The Morgan fingerprint density at radius 2 is 1.70 bits per heavy atom. The quantitative estimate of drug-likeness (QED) is 0.273. The molecule has 0 unspecified atom stereocenters. The first-order chi connectivity index (χ1) is 14.1. The van der Waals surface area contributed by atoms with E-state index in [9.17, 15) is 23.4 Å². The smallest absolute Gasteiger partial charge is 0.264 e. The minimum Gasteiger partial charge on any atom is -0.507 e. The lowest BCUT2D eigenvalue weighted by Gasteiger charge is -2.13. The maximum atomic E-state index is 12.6. The number of aromatic hydroxyl groups is 2. The molecule has 0 fully saturated rings. The van der Waals surface area contributed by atoms with E-state index in [4.69, 9.17) is 18.8 Å². The molecule has 0 saturated carbocycles. The lowest BCUT2D eigenvalue weighted by Crippen LogP contribution is -2.09. The van der Waals surface area contributed by atoms with Crippen LogP contribution in [0.3, 0.4) is 0 Å². The van der Waals surface area contributed by atoms with Gasteiger partial charge in [0.25, 0.3) is 10.1 Å². The van der Waals surface area contributed by atoms with E-state index < -0.39 is 15.9 Å². The summed E-state index contributed by atoms with van der Waals surface area (Å²) in [4.78, 5) is 12.6. The second-order valence-electron chi connectivity index (χ2n) is 6.44.